The predicted octanol–water partition coefficient (Wildman–Crippen LogP) is 5.70. The van der Waals surface area contributed by atoms with E-state index in [9.17, 15) is 22.0 Å². The summed E-state index contributed by atoms with van der Waals surface area (Å²) in [7, 11) is 0.492. The number of aromatic nitrogens is 2. The Kier molecular flexibility index (Phi) is 7.16. The van der Waals surface area contributed by atoms with E-state index in [0.717, 1.165) is 21.7 Å². The lowest BCUT2D eigenvalue weighted by Crippen LogP contribution is -2.25. The van der Waals surface area contributed by atoms with Crippen LogP contribution in [0.4, 0.5) is 14.5 Å². The van der Waals surface area contributed by atoms with Crippen LogP contribution in [0, 0.1) is 11.6 Å². The lowest BCUT2D eigenvalue weighted by Gasteiger charge is -2.20. The van der Waals surface area contributed by atoms with Gasteiger partial charge in [0.15, 0.2) is 0 Å². The molecule has 0 atom stereocenters. The average molecular weight is 617 g/mol. The third kappa shape index (κ3) is 5.06. The lowest BCUT2D eigenvalue weighted by molar-refractivity contribution is 0.0964. The minimum absolute atomic E-state index is 0.00797. The first kappa shape index (κ1) is 29.0. The number of halogens is 2. The first-order valence-corrected chi connectivity index (χ1v) is 15.3. The van der Waals surface area contributed by atoms with E-state index in [0.29, 0.717) is 39.9 Å². The van der Waals surface area contributed by atoms with Gasteiger partial charge in [-0.3, -0.25) is 9.10 Å². The van der Waals surface area contributed by atoms with Crippen molar-refractivity contribution in [3.05, 3.63) is 94.7 Å². The number of hydrogen-bond donors (Lipinski definition) is 1. The third-order valence-electron chi connectivity index (χ3n) is 7.54. The molecular weight excluding hydrogens is 590 g/mol. The number of fused-ring (bicyclic) bond motifs is 2. The van der Waals surface area contributed by atoms with Crippen LogP contribution in [-0.4, -0.2) is 51.8 Å². The number of ether oxygens (including phenoxy) is 1. The molecule has 0 bridgehead atoms. The topological polar surface area (TPSA) is 115 Å². The number of furan rings is 1. The van der Waals surface area contributed by atoms with Gasteiger partial charge >= 0.3 is 6.01 Å². The maximum absolute atomic E-state index is 14.5. The van der Waals surface area contributed by atoms with Gasteiger partial charge in [0.05, 0.1) is 36.0 Å². The monoisotopic (exact) mass is 616 g/mol. The summed E-state index contributed by atoms with van der Waals surface area (Å²) in [6.45, 7) is 0. The number of benzene rings is 3. The average Bonchev–Trinajstić information content (AvgIpc) is 3.62. The molecule has 224 valence electrons. The Morgan fingerprint density at radius 1 is 1.05 bits per heavy atom. The molecule has 0 spiro atoms. The maximum atomic E-state index is 14.5. The van der Waals surface area contributed by atoms with Gasteiger partial charge in [-0.2, -0.15) is 9.97 Å². The van der Waals surface area contributed by atoms with Gasteiger partial charge in [-0.15, -0.1) is 0 Å². The summed E-state index contributed by atoms with van der Waals surface area (Å²) in [4.78, 5) is 22.2. The fourth-order valence-corrected chi connectivity index (χ4v) is 5.75. The molecule has 0 radical (unpaired) electrons. The minimum Gasteiger partial charge on any atom is -0.467 e. The van der Waals surface area contributed by atoms with Crippen molar-refractivity contribution in [1.82, 2.24) is 15.3 Å². The molecule has 2 aromatic heterocycles. The zero-order valence-electron chi connectivity index (χ0n) is 24.1. The van der Waals surface area contributed by atoms with Crippen LogP contribution in [-0.2, 0) is 16.4 Å². The summed E-state index contributed by atoms with van der Waals surface area (Å²) in [6.07, 6.45) is 3.20. The molecule has 0 saturated heterocycles. The van der Waals surface area contributed by atoms with Gasteiger partial charge in [-0.1, -0.05) is 12.1 Å². The number of hydrogen-bond acceptors (Lipinski definition) is 7. The van der Waals surface area contributed by atoms with Crippen LogP contribution in [0.3, 0.4) is 0 Å². The summed E-state index contributed by atoms with van der Waals surface area (Å²) >= 11 is 0. The molecule has 1 amide bonds. The van der Waals surface area contributed by atoms with Crippen molar-refractivity contribution in [3.8, 4) is 28.6 Å². The first-order valence-electron chi connectivity index (χ1n) is 13.4. The highest BCUT2D eigenvalue weighted by Gasteiger charge is 2.27. The zero-order valence-corrected chi connectivity index (χ0v) is 24.9. The third-order valence-corrected chi connectivity index (χ3v) is 8.73. The van der Waals surface area contributed by atoms with Gasteiger partial charge < -0.3 is 14.5 Å². The summed E-state index contributed by atoms with van der Waals surface area (Å²) < 4.78 is 66.4. The molecular formula is C32H26F2N4O5S. The summed E-state index contributed by atoms with van der Waals surface area (Å²) in [6, 6.07) is 15.2. The van der Waals surface area contributed by atoms with E-state index in [4.69, 9.17) is 9.15 Å². The second kappa shape index (κ2) is 10.9. The molecule has 1 aliphatic rings. The Bertz CT molecular complexity index is 2110. The van der Waals surface area contributed by atoms with Crippen molar-refractivity contribution < 1.29 is 31.1 Å². The predicted molar refractivity (Wildman–Crippen MR) is 164 cm³/mol. The van der Waals surface area contributed by atoms with Crippen LogP contribution >= 0.6 is 0 Å². The second-order valence-electron chi connectivity index (χ2n) is 10.3. The Labute approximate surface area is 251 Å². The van der Waals surface area contributed by atoms with Crippen molar-refractivity contribution >= 4 is 44.2 Å². The van der Waals surface area contributed by atoms with E-state index in [2.05, 4.69) is 15.3 Å². The van der Waals surface area contributed by atoms with E-state index in [-0.39, 0.29) is 34.4 Å². The number of carbonyl (C=O) groups excluding carboxylic acids is 1. The fourth-order valence-electron chi connectivity index (χ4n) is 5.24. The van der Waals surface area contributed by atoms with Crippen molar-refractivity contribution in [2.45, 2.75) is 6.42 Å². The van der Waals surface area contributed by atoms with Crippen LogP contribution in [0.25, 0.3) is 45.2 Å². The standard InChI is InChI=1S/C32H26F2N4O5S/c1-35-31(39)29-23-14-22(26-15-25(36-32(37-26)42-3)19-12-18-6-5-7-24(34)21(18)13-19)27(38(2)44(4,40)41)16-28(23)43-30(29)17-8-10-20(33)11-9-17/h5-11,13-16H,12H2,1-4H3,(H,35,39). The van der Waals surface area contributed by atoms with Crippen LogP contribution in [0.2, 0.25) is 0 Å². The fraction of sp³-hybridized carbons (Fsp3) is 0.156. The molecule has 0 fully saturated rings. The molecule has 0 unspecified atom stereocenters. The summed E-state index contributed by atoms with van der Waals surface area (Å²) in [5, 5.41) is 2.99. The normalized spacial score (nSPS) is 12.6. The number of allylic oxidation sites excluding steroid dienone is 1. The largest absolute Gasteiger partial charge is 0.467 e. The smallest absolute Gasteiger partial charge is 0.317 e. The van der Waals surface area contributed by atoms with Crippen molar-refractivity contribution in [3.63, 3.8) is 0 Å². The van der Waals surface area contributed by atoms with E-state index in [1.54, 1.807) is 24.3 Å². The number of nitrogens with one attached hydrogen (secondary N) is 1. The van der Waals surface area contributed by atoms with Crippen LogP contribution < -0.4 is 14.4 Å². The Hall–Kier alpha value is -5.10. The van der Waals surface area contributed by atoms with Gasteiger partial charge in [-0.25, -0.2) is 17.2 Å². The molecule has 3 aromatic carbocycles. The number of anilines is 1. The van der Waals surface area contributed by atoms with Gasteiger partial charge in [0.1, 0.15) is 23.0 Å². The molecule has 0 aliphatic heterocycles. The highest BCUT2D eigenvalue weighted by molar-refractivity contribution is 7.92. The summed E-state index contributed by atoms with van der Waals surface area (Å²) in [5.74, 6) is -1.08. The van der Waals surface area contributed by atoms with E-state index in [1.807, 2.05) is 6.07 Å². The molecule has 1 N–H and O–H groups in total. The molecule has 2 heterocycles. The number of carbonyl (C=O) groups is 1. The van der Waals surface area contributed by atoms with Gasteiger partial charge in [0, 0.05) is 48.7 Å². The summed E-state index contributed by atoms with van der Waals surface area (Å²) in [5.41, 5.74) is 4.16. The molecule has 5 aromatic rings. The minimum atomic E-state index is -3.78. The molecule has 0 saturated carbocycles. The number of rotatable bonds is 7. The van der Waals surface area contributed by atoms with Gasteiger partial charge in [-0.05, 0) is 59.7 Å². The molecule has 1 aliphatic carbocycles. The maximum Gasteiger partial charge on any atom is 0.317 e. The van der Waals surface area contributed by atoms with Gasteiger partial charge in [0.25, 0.3) is 5.91 Å². The number of nitrogens with zero attached hydrogens (tertiary/aromatic N) is 3. The Balaban J connectivity index is 1.61. The molecule has 9 nitrogen and oxygen atoms in total. The number of sulfonamides is 1. The Morgan fingerprint density at radius 2 is 1.77 bits per heavy atom. The van der Waals surface area contributed by atoms with Crippen molar-refractivity contribution in [2.24, 2.45) is 0 Å². The SMILES string of the molecule is CNC(=O)c1c(-c2ccc(F)cc2)oc2cc(N(C)S(C)(=O)=O)c(-c3cc(C4=Cc5c(F)cccc5C4)nc(OC)n3)cc12. The van der Waals surface area contributed by atoms with Crippen LogP contribution in [0.15, 0.2) is 65.1 Å². The lowest BCUT2D eigenvalue weighted by atomic mass is 10.00. The molecule has 12 heteroatoms. The van der Waals surface area contributed by atoms with Crippen LogP contribution in [0.1, 0.15) is 27.2 Å². The van der Waals surface area contributed by atoms with Crippen molar-refractivity contribution in [1.29, 1.82) is 0 Å². The van der Waals surface area contributed by atoms with Crippen molar-refractivity contribution in [2.75, 3.05) is 31.8 Å². The second-order valence-corrected chi connectivity index (χ2v) is 12.3. The van der Waals surface area contributed by atoms with E-state index < -0.39 is 21.7 Å². The quantitative estimate of drug-likeness (QED) is 0.250. The van der Waals surface area contributed by atoms with E-state index in [1.165, 1.54) is 57.6 Å². The number of amides is 1. The number of methoxy groups -OCH3 is 1. The van der Waals surface area contributed by atoms with Crippen LogP contribution in [0.5, 0.6) is 6.01 Å². The van der Waals surface area contributed by atoms with E-state index >= 15 is 0 Å². The highest BCUT2D eigenvalue weighted by atomic mass is 32.2. The Morgan fingerprint density at radius 3 is 2.43 bits per heavy atom. The molecule has 6 rings (SSSR count). The molecule has 44 heavy (non-hydrogen) atoms. The highest BCUT2D eigenvalue weighted by Crippen LogP contribution is 2.42. The first-order chi connectivity index (χ1) is 21.0. The van der Waals surface area contributed by atoms with Gasteiger partial charge in [0.2, 0.25) is 10.0 Å². The zero-order chi connectivity index (χ0) is 31.3.